The predicted octanol–water partition coefficient (Wildman–Crippen LogP) is 3.68. The first-order valence-electron chi connectivity index (χ1n) is 6.45. The quantitative estimate of drug-likeness (QED) is 0.827. The van der Waals surface area contributed by atoms with Crippen molar-refractivity contribution in [3.05, 3.63) is 42.2 Å². The van der Waals surface area contributed by atoms with E-state index in [2.05, 4.69) is 10.3 Å². The number of nitrogens with one attached hydrogen (secondary N) is 1. The Balaban J connectivity index is 2.10. The number of hydrogen-bond donors (Lipinski definition) is 1. The van der Waals surface area contributed by atoms with Gasteiger partial charge in [-0.25, -0.2) is 4.98 Å². The maximum Gasteiger partial charge on any atom is 0.416 e. The average molecular weight is 299 g/mol. The van der Waals surface area contributed by atoms with Gasteiger partial charge >= 0.3 is 6.18 Å². The summed E-state index contributed by atoms with van der Waals surface area (Å²) in [6.07, 6.45) is -0.190. The topological polar surface area (TPSA) is 39.1 Å². The van der Waals surface area contributed by atoms with E-state index in [4.69, 9.17) is 4.74 Å². The van der Waals surface area contributed by atoms with E-state index in [1.807, 2.05) is 4.57 Å². The third-order valence-corrected chi connectivity index (χ3v) is 2.91. The molecule has 0 aliphatic heterocycles. The molecule has 0 bridgehead atoms. The van der Waals surface area contributed by atoms with Crippen LogP contribution in [0.1, 0.15) is 12.0 Å². The summed E-state index contributed by atoms with van der Waals surface area (Å²) in [5.74, 6) is 0.505. The molecule has 0 radical (unpaired) electrons. The van der Waals surface area contributed by atoms with Crippen LogP contribution in [0.2, 0.25) is 0 Å². The van der Waals surface area contributed by atoms with Crippen LogP contribution >= 0.6 is 0 Å². The van der Waals surface area contributed by atoms with Crippen LogP contribution in [-0.2, 0) is 17.5 Å². The van der Waals surface area contributed by atoms with E-state index >= 15 is 0 Å². The van der Waals surface area contributed by atoms with Crippen LogP contribution in [0.4, 0.5) is 24.8 Å². The predicted molar refractivity (Wildman–Crippen MR) is 73.4 cm³/mol. The number of benzene rings is 1. The number of aromatic nitrogens is 2. The molecule has 0 saturated carbocycles. The molecule has 0 aliphatic rings. The normalized spacial score (nSPS) is 11.6. The van der Waals surface area contributed by atoms with E-state index in [0.29, 0.717) is 24.8 Å². The highest BCUT2D eigenvalue weighted by Crippen LogP contribution is 2.31. The minimum atomic E-state index is -4.36. The largest absolute Gasteiger partial charge is 0.416 e. The molecule has 0 unspecified atom stereocenters. The molecule has 2 aromatic rings. The van der Waals surface area contributed by atoms with E-state index in [1.165, 1.54) is 6.07 Å². The van der Waals surface area contributed by atoms with Gasteiger partial charge in [-0.1, -0.05) is 6.07 Å². The van der Waals surface area contributed by atoms with Crippen LogP contribution in [0.15, 0.2) is 36.7 Å². The fourth-order valence-corrected chi connectivity index (χ4v) is 1.90. The summed E-state index contributed by atoms with van der Waals surface area (Å²) in [6.45, 7) is 1.29. The average Bonchev–Trinajstić information content (AvgIpc) is 2.86. The standard InChI is InChI=1S/C14H16F3N3O/c1-21-9-3-7-20-8-6-18-13(20)19-12-5-2-4-11(10-12)14(15,16)17/h2,4-6,8,10H,3,7,9H2,1H3,(H,18,19). The molecule has 0 amide bonds. The van der Waals surface area contributed by atoms with E-state index < -0.39 is 11.7 Å². The van der Waals surface area contributed by atoms with Gasteiger partial charge in [0.1, 0.15) is 0 Å². The van der Waals surface area contributed by atoms with Gasteiger partial charge < -0.3 is 14.6 Å². The van der Waals surface area contributed by atoms with Crippen molar-refractivity contribution in [3.63, 3.8) is 0 Å². The van der Waals surface area contributed by atoms with Gasteiger partial charge in [0.15, 0.2) is 0 Å². The molecule has 0 aliphatic carbocycles. The Morgan fingerprint density at radius 3 is 2.86 bits per heavy atom. The lowest BCUT2D eigenvalue weighted by Gasteiger charge is -2.12. The van der Waals surface area contributed by atoms with Crippen molar-refractivity contribution in [2.45, 2.75) is 19.1 Å². The highest BCUT2D eigenvalue weighted by molar-refractivity contribution is 5.55. The molecular formula is C14H16F3N3O. The van der Waals surface area contributed by atoms with Crippen molar-refractivity contribution in [1.82, 2.24) is 9.55 Å². The van der Waals surface area contributed by atoms with Crippen molar-refractivity contribution in [2.24, 2.45) is 0 Å². The number of nitrogens with zero attached hydrogens (tertiary/aromatic N) is 2. The first-order valence-corrected chi connectivity index (χ1v) is 6.45. The van der Waals surface area contributed by atoms with Crippen LogP contribution in [0, 0.1) is 0 Å². The number of aryl methyl sites for hydroxylation is 1. The fraction of sp³-hybridized carbons (Fsp3) is 0.357. The molecule has 2 rings (SSSR count). The zero-order valence-electron chi connectivity index (χ0n) is 11.5. The summed E-state index contributed by atoms with van der Waals surface area (Å²) in [4.78, 5) is 4.11. The first kappa shape index (κ1) is 15.4. The van der Waals surface area contributed by atoms with Gasteiger partial charge in [-0.05, 0) is 24.6 Å². The number of anilines is 2. The first-order chi connectivity index (χ1) is 10.0. The Morgan fingerprint density at radius 2 is 2.14 bits per heavy atom. The molecule has 1 N–H and O–H groups in total. The Hall–Kier alpha value is -2.02. The Bertz CT molecular complexity index is 581. The number of rotatable bonds is 6. The van der Waals surface area contributed by atoms with Gasteiger partial charge in [0.25, 0.3) is 0 Å². The van der Waals surface area contributed by atoms with Crippen LogP contribution in [0.3, 0.4) is 0 Å². The second-order valence-corrected chi connectivity index (χ2v) is 4.49. The van der Waals surface area contributed by atoms with Crippen molar-refractivity contribution < 1.29 is 17.9 Å². The van der Waals surface area contributed by atoms with E-state index in [1.54, 1.807) is 25.6 Å². The number of imidazole rings is 1. The SMILES string of the molecule is COCCCn1ccnc1Nc1cccc(C(F)(F)F)c1. The zero-order valence-corrected chi connectivity index (χ0v) is 11.5. The Kier molecular flexibility index (Phi) is 4.85. The number of methoxy groups -OCH3 is 1. The molecule has 0 saturated heterocycles. The summed E-state index contributed by atoms with van der Waals surface area (Å²) >= 11 is 0. The van der Waals surface area contributed by atoms with Gasteiger partial charge in [0.2, 0.25) is 5.95 Å². The summed E-state index contributed by atoms with van der Waals surface area (Å²) in [7, 11) is 1.62. The molecule has 0 spiro atoms. The van der Waals surface area contributed by atoms with E-state index in [9.17, 15) is 13.2 Å². The number of halogens is 3. The molecule has 7 heteroatoms. The molecular weight excluding hydrogens is 283 g/mol. The van der Waals surface area contributed by atoms with Crippen molar-refractivity contribution >= 4 is 11.6 Å². The molecule has 114 valence electrons. The third kappa shape index (κ3) is 4.22. The van der Waals surface area contributed by atoms with E-state index in [-0.39, 0.29) is 0 Å². The van der Waals surface area contributed by atoms with Crippen molar-refractivity contribution in [2.75, 3.05) is 19.0 Å². The fourth-order valence-electron chi connectivity index (χ4n) is 1.90. The Labute approximate surface area is 120 Å². The molecule has 1 aromatic carbocycles. The second-order valence-electron chi connectivity index (χ2n) is 4.49. The van der Waals surface area contributed by atoms with Crippen molar-refractivity contribution in [3.8, 4) is 0 Å². The van der Waals surface area contributed by atoms with E-state index in [0.717, 1.165) is 18.6 Å². The lowest BCUT2D eigenvalue weighted by Crippen LogP contribution is -2.07. The number of ether oxygens (including phenoxy) is 1. The number of hydrogen-bond acceptors (Lipinski definition) is 3. The van der Waals surface area contributed by atoms with Gasteiger partial charge in [-0.2, -0.15) is 13.2 Å². The van der Waals surface area contributed by atoms with Gasteiger partial charge in [0.05, 0.1) is 5.56 Å². The summed E-state index contributed by atoms with van der Waals surface area (Å²) < 4.78 is 44.8. The van der Waals surface area contributed by atoms with Crippen LogP contribution in [0.25, 0.3) is 0 Å². The third-order valence-electron chi connectivity index (χ3n) is 2.91. The minimum Gasteiger partial charge on any atom is -0.385 e. The summed E-state index contributed by atoms with van der Waals surface area (Å²) in [5, 5.41) is 2.90. The minimum absolute atomic E-state index is 0.351. The summed E-state index contributed by atoms with van der Waals surface area (Å²) in [5.41, 5.74) is -0.339. The number of alkyl halides is 3. The second kappa shape index (κ2) is 6.62. The lowest BCUT2D eigenvalue weighted by molar-refractivity contribution is -0.137. The van der Waals surface area contributed by atoms with Gasteiger partial charge in [0, 0.05) is 38.3 Å². The molecule has 1 heterocycles. The highest BCUT2D eigenvalue weighted by Gasteiger charge is 2.30. The lowest BCUT2D eigenvalue weighted by atomic mass is 10.2. The summed E-state index contributed by atoms with van der Waals surface area (Å²) in [6, 6.07) is 5.04. The van der Waals surface area contributed by atoms with Crippen LogP contribution < -0.4 is 5.32 Å². The smallest absolute Gasteiger partial charge is 0.385 e. The molecule has 21 heavy (non-hydrogen) atoms. The maximum absolute atomic E-state index is 12.7. The van der Waals surface area contributed by atoms with Gasteiger partial charge in [-0.3, -0.25) is 0 Å². The molecule has 1 aromatic heterocycles. The Morgan fingerprint density at radius 1 is 1.33 bits per heavy atom. The monoisotopic (exact) mass is 299 g/mol. The van der Waals surface area contributed by atoms with Gasteiger partial charge in [-0.15, -0.1) is 0 Å². The zero-order chi connectivity index (χ0) is 15.3. The highest BCUT2D eigenvalue weighted by atomic mass is 19.4. The molecule has 4 nitrogen and oxygen atoms in total. The van der Waals surface area contributed by atoms with Crippen LogP contribution in [-0.4, -0.2) is 23.3 Å². The maximum atomic E-state index is 12.7. The molecule has 0 fully saturated rings. The van der Waals surface area contributed by atoms with Crippen molar-refractivity contribution in [1.29, 1.82) is 0 Å². The molecule has 0 atom stereocenters. The van der Waals surface area contributed by atoms with Crippen LogP contribution in [0.5, 0.6) is 0 Å².